The first-order valence-corrected chi connectivity index (χ1v) is 5.40. The minimum atomic E-state index is 0.505. The van der Waals surface area contributed by atoms with Crippen LogP contribution in [0.1, 0.15) is 11.3 Å². The molecule has 0 spiro atoms. The maximum absolute atomic E-state index is 8.91. The van der Waals surface area contributed by atoms with E-state index >= 15 is 0 Å². The molecular weight excluding hydrogens is 228 g/mol. The smallest absolute Gasteiger partial charge is 0.186 e. The Morgan fingerprint density at radius 2 is 2.28 bits per heavy atom. The van der Waals surface area contributed by atoms with Crippen LogP contribution in [0.25, 0.3) is 16.7 Å². The largest absolute Gasteiger partial charge is 0.383 e. The number of rotatable bonds is 1. The Morgan fingerprint density at radius 3 is 3.06 bits per heavy atom. The third-order valence-corrected chi connectivity index (χ3v) is 2.81. The third kappa shape index (κ3) is 1.34. The number of fused-ring (bicyclic) bond motifs is 1. The average molecular weight is 238 g/mol. The molecule has 3 rings (SSSR count). The molecule has 0 aliphatic carbocycles. The van der Waals surface area contributed by atoms with E-state index in [1.54, 1.807) is 16.8 Å². The van der Waals surface area contributed by atoms with Gasteiger partial charge < -0.3 is 5.73 Å². The van der Waals surface area contributed by atoms with Crippen molar-refractivity contribution in [3.63, 3.8) is 0 Å². The lowest BCUT2D eigenvalue weighted by atomic mass is 10.2. The second-order valence-electron chi connectivity index (χ2n) is 4.00. The second kappa shape index (κ2) is 3.60. The van der Waals surface area contributed by atoms with Crippen LogP contribution in [0.5, 0.6) is 0 Å². The highest BCUT2D eigenvalue weighted by Crippen LogP contribution is 2.24. The minimum Gasteiger partial charge on any atom is -0.383 e. The molecule has 3 aromatic rings. The van der Waals surface area contributed by atoms with Crippen molar-refractivity contribution in [1.82, 2.24) is 20.0 Å². The van der Waals surface area contributed by atoms with Gasteiger partial charge in [-0.25, -0.2) is 4.68 Å². The molecule has 0 aliphatic heterocycles. The van der Waals surface area contributed by atoms with E-state index in [9.17, 15) is 0 Å². The number of nitriles is 1. The first-order chi connectivity index (χ1) is 8.70. The van der Waals surface area contributed by atoms with Crippen LogP contribution in [0.4, 0.5) is 5.82 Å². The van der Waals surface area contributed by atoms with Crippen molar-refractivity contribution in [2.24, 2.45) is 0 Å². The van der Waals surface area contributed by atoms with Crippen molar-refractivity contribution in [2.75, 3.05) is 5.73 Å². The number of anilines is 1. The molecule has 6 nitrogen and oxygen atoms in total. The lowest BCUT2D eigenvalue weighted by Crippen LogP contribution is -1.98. The number of nitrogen functional groups attached to an aromatic ring is 1. The summed E-state index contributed by atoms with van der Waals surface area (Å²) in [6, 6.07) is 9.29. The van der Waals surface area contributed by atoms with Gasteiger partial charge in [0.2, 0.25) is 0 Å². The minimum absolute atomic E-state index is 0.505. The fourth-order valence-corrected chi connectivity index (χ4v) is 1.99. The summed E-state index contributed by atoms with van der Waals surface area (Å²) in [4.78, 5) is 0. The van der Waals surface area contributed by atoms with E-state index in [-0.39, 0.29) is 0 Å². The molecule has 18 heavy (non-hydrogen) atoms. The number of aryl methyl sites for hydroxylation is 1. The number of aromatic nitrogens is 4. The van der Waals surface area contributed by atoms with Crippen molar-refractivity contribution < 1.29 is 0 Å². The molecule has 0 atom stereocenters. The summed E-state index contributed by atoms with van der Waals surface area (Å²) in [5, 5.41) is 21.0. The molecule has 88 valence electrons. The van der Waals surface area contributed by atoms with Crippen LogP contribution in [-0.2, 0) is 0 Å². The van der Waals surface area contributed by atoms with Crippen molar-refractivity contribution in [3.8, 4) is 11.8 Å². The summed E-state index contributed by atoms with van der Waals surface area (Å²) in [6.45, 7) is 1.87. The SMILES string of the molecule is Cc1nn(-c2cccc(C#N)c2)c2n[nH]c(N)c12. The molecule has 3 N–H and O–H groups in total. The summed E-state index contributed by atoms with van der Waals surface area (Å²) in [7, 11) is 0. The molecular formula is C12H10N6. The topological polar surface area (TPSA) is 96.3 Å². The quantitative estimate of drug-likeness (QED) is 0.671. The van der Waals surface area contributed by atoms with Crippen molar-refractivity contribution >= 4 is 16.9 Å². The van der Waals surface area contributed by atoms with Crippen LogP contribution in [0.2, 0.25) is 0 Å². The van der Waals surface area contributed by atoms with Crippen LogP contribution >= 0.6 is 0 Å². The normalized spacial score (nSPS) is 10.7. The molecule has 2 heterocycles. The van der Waals surface area contributed by atoms with Crippen molar-refractivity contribution in [1.29, 1.82) is 5.26 Å². The maximum Gasteiger partial charge on any atom is 0.186 e. The Kier molecular flexibility index (Phi) is 2.07. The number of nitrogens with one attached hydrogen (secondary N) is 1. The summed E-state index contributed by atoms with van der Waals surface area (Å²) in [6.07, 6.45) is 0. The summed E-state index contributed by atoms with van der Waals surface area (Å²) in [5.41, 5.74) is 8.64. The number of hydrogen-bond acceptors (Lipinski definition) is 4. The predicted octanol–water partition coefficient (Wildman–Crippen LogP) is 1.51. The Morgan fingerprint density at radius 1 is 1.44 bits per heavy atom. The fraction of sp³-hybridized carbons (Fsp3) is 0.0833. The highest BCUT2D eigenvalue weighted by molar-refractivity contribution is 5.89. The highest BCUT2D eigenvalue weighted by Gasteiger charge is 2.14. The first kappa shape index (κ1) is 10.4. The molecule has 0 unspecified atom stereocenters. The summed E-state index contributed by atoms with van der Waals surface area (Å²) >= 11 is 0. The van der Waals surface area contributed by atoms with Gasteiger partial charge in [0, 0.05) is 0 Å². The van der Waals surface area contributed by atoms with Crippen molar-refractivity contribution in [2.45, 2.75) is 6.92 Å². The van der Waals surface area contributed by atoms with Gasteiger partial charge in [0.1, 0.15) is 5.82 Å². The van der Waals surface area contributed by atoms with Gasteiger partial charge in [-0.15, -0.1) is 0 Å². The summed E-state index contributed by atoms with van der Waals surface area (Å²) in [5.74, 6) is 0.505. The third-order valence-electron chi connectivity index (χ3n) is 2.81. The fourth-order valence-electron chi connectivity index (χ4n) is 1.99. The van der Waals surface area contributed by atoms with E-state index in [4.69, 9.17) is 11.0 Å². The van der Waals surface area contributed by atoms with Crippen LogP contribution in [0, 0.1) is 18.3 Å². The number of H-pyrrole nitrogens is 1. The molecule has 0 aliphatic rings. The Bertz CT molecular complexity index is 774. The van der Waals surface area contributed by atoms with E-state index in [0.717, 1.165) is 16.8 Å². The Labute approximate surface area is 103 Å². The molecule has 0 fully saturated rings. The van der Waals surface area contributed by atoms with E-state index < -0.39 is 0 Å². The monoisotopic (exact) mass is 238 g/mol. The lowest BCUT2D eigenvalue weighted by molar-refractivity contribution is 0.865. The molecule has 6 heteroatoms. The van der Waals surface area contributed by atoms with Gasteiger partial charge in [-0.05, 0) is 25.1 Å². The molecule has 0 saturated heterocycles. The van der Waals surface area contributed by atoms with Gasteiger partial charge in [0.25, 0.3) is 0 Å². The van der Waals surface area contributed by atoms with Crippen LogP contribution < -0.4 is 5.73 Å². The van der Waals surface area contributed by atoms with Crippen LogP contribution in [-0.4, -0.2) is 20.0 Å². The molecule has 1 aromatic carbocycles. The standard InChI is InChI=1S/C12H10N6/c1-7-10-11(14)15-16-12(10)18(17-7)9-4-2-3-8(5-9)6-13/h2-5H,1H3,(H3,14,15,16). The van der Waals surface area contributed by atoms with Gasteiger partial charge in [0.15, 0.2) is 5.65 Å². The predicted molar refractivity (Wildman–Crippen MR) is 67.1 cm³/mol. The zero-order chi connectivity index (χ0) is 12.7. The van der Waals surface area contributed by atoms with E-state index in [1.165, 1.54) is 0 Å². The van der Waals surface area contributed by atoms with E-state index in [2.05, 4.69) is 21.4 Å². The Hall–Kier alpha value is -2.81. The van der Waals surface area contributed by atoms with E-state index in [0.29, 0.717) is 17.0 Å². The van der Waals surface area contributed by atoms with Crippen LogP contribution in [0.15, 0.2) is 24.3 Å². The number of nitrogens with zero attached hydrogens (tertiary/aromatic N) is 4. The number of nitrogens with two attached hydrogens (primary N) is 1. The lowest BCUT2D eigenvalue weighted by Gasteiger charge is -2.01. The van der Waals surface area contributed by atoms with Crippen LogP contribution in [0.3, 0.4) is 0 Å². The zero-order valence-corrected chi connectivity index (χ0v) is 9.68. The average Bonchev–Trinajstić information content (AvgIpc) is 2.92. The molecule has 0 radical (unpaired) electrons. The van der Waals surface area contributed by atoms with Gasteiger partial charge >= 0.3 is 0 Å². The number of benzene rings is 1. The van der Waals surface area contributed by atoms with Gasteiger partial charge in [-0.3, -0.25) is 5.10 Å². The molecule has 0 saturated carbocycles. The molecule has 0 bridgehead atoms. The van der Waals surface area contributed by atoms with Gasteiger partial charge in [0.05, 0.1) is 28.4 Å². The number of aromatic amines is 1. The second-order valence-corrected chi connectivity index (χ2v) is 4.00. The summed E-state index contributed by atoms with van der Waals surface area (Å²) < 4.78 is 1.68. The number of hydrogen-bond donors (Lipinski definition) is 2. The first-order valence-electron chi connectivity index (χ1n) is 5.40. The zero-order valence-electron chi connectivity index (χ0n) is 9.68. The molecule has 0 amide bonds. The van der Waals surface area contributed by atoms with E-state index in [1.807, 2.05) is 19.1 Å². The molecule has 2 aromatic heterocycles. The highest BCUT2D eigenvalue weighted by atomic mass is 15.3. The van der Waals surface area contributed by atoms with Gasteiger partial charge in [-0.2, -0.15) is 15.5 Å². The maximum atomic E-state index is 8.91. The van der Waals surface area contributed by atoms with Gasteiger partial charge in [-0.1, -0.05) is 6.07 Å². The van der Waals surface area contributed by atoms with Crippen molar-refractivity contribution in [3.05, 3.63) is 35.5 Å². The Balaban J connectivity index is 2.29.